The summed E-state index contributed by atoms with van der Waals surface area (Å²) in [6.45, 7) is 9.97. The number of rotatable bonds is 9. The van der Waals surface area contributed by atoms with E-state index in [2.05, 4.69) is 6.58 Å². The van der Waals surface area contributed by atoms with Crippen LogP contribution in [0, 0.1) is 18.3 Å². The molecule has 2 amide bonds. The van der Waals surface area contributed by atoms with Crippen LogP contribution in [0.1, 0.15) is 37.8 Å². The van der Waals surface area contributed by atoms with E-state index in [-0.39, 0.29) is 12.1 Å². The molecule has 7 nitrogen and oxygen atoms in total. The van der Waals surface area contributed by atoms with E-state index < -0.39 is 11.8 Å². The van der Waals surface area contributed by atoms with E-state index in [4.69, 9.17) is 9.84 Å². The molecule has 0 saturated carbocycles. The number of carbonyl (C=O) groups is 2. The number of aryl methyl sites for hydroxylation is 1. The van der Waals surface area contributed by atoms with Crippen LogP contribution >= 0.6 is 0 Å². The highest BCUT2D eigenvalue weighted by atomic mass is 16.5. The van der Waals surface area contributed by atoms with Crippen LogP contribution in [0.25, 0.3) is 23.0 Å². The Morgan fingerprint density at radius 2 is 1.87 bits per heavy atom. The van der Waals surface area contributed by atoms with Crippen molar-refractivity contribution in [2.75, 3.05) is 13.2 Å². The highest BCUT2D eigenvalue weighted by molar-refractivity contribution is 6.19. The summed E-state index contributed by atoms with van der Waals surface area (Å²) in [4.78, 5) is 27.5. The summed E-state index contributed by atoms with van der Waals surface area (Å²) in [7, 11) is 0. The van der Waals surface area contributed by atoms with E-state index in [1.54, 1.807) is 23.8 Å². The number of unbranched alkanes of at least 4 members (excludes halogenated alkanes) is 1. The van der Waals surface area contributed by atoms with Crippen LogP contribution in [-0.4, -0.2) is 39.6 Å². The number of hydrogen-bond acceptors (Lipinski definition) is 5. The molecule has 7 heteroatoms. The van der Waals surface area contributed by atoms with Crippen molar-refractivity contribution in [1.82, 2.24) is 14.7 Å². The van der Waals surface area contributed by atoms with Gasteiger partial charge in [-0.15, -0.1) is 0 Å². The molecular weight excluding hydrogens is 476 g/mol. The lowest BCUT2D eigenvalue weighted by Gasteiger charge is -2.27. The third-order valence-corrected chi connectivity index (χ3v) is 6.43. The van der Waals surface area contributed by atoms with Crippen LogP contribution in [0.5, 0.6) is 5.75 Å². The zero-order valence-corrected chi connectivity index (χ0v) is 21.9. The average Bonchev–Trinajstić information content (AvgIpc) is 3.35. The maximum absolute atomic E-state index is 13.5. The molecule has 192 valence electrons. The normalized spacial score (nSPS) is 14.7. The molecule has 3 aromatic rings. The van der Waals surface area contributed by atoms with Crippen LogP contribution < -0.4 is 4.74 Å². The number of nitriles is 1. The van der Waals surface area contributed by atoms with E-state index >= 15 is 0 Å². The van der Waals surface area contributed by atoms with E-state index in [0.29, 0.717) is 35.4 Å². The number of para-hydroxylation sites is 1. The second kappa shape index (κ2) is 11.6. The molecule has 0 N–H and O–H groups in total. The lowest BCUT2D eigenvalue weighted by Crippen LogP contribution is -2.43. The minimum Gasteiger partial charge on any atom is -0.489 e. The molecule has 0 unspecified atom stereocenters. The van der Waals surface area contributed by atoms with E-state index in [9.17, 15) is 14.9 Å². The van der Waals surface area contributed by atoms with Gasteiger partial charge in [0, 0.05) is 29.4 Å². The molecule has 4 rings (SSSR count). The van der Waals surface area contributed by atoms with E-state index in [1.165, 1.54) is 4.90 Å². The van der Waals surface area contributed by atoms with E-state index in [1.807, 2.05) is 74.6 Å². The lowest BCUT2D eigenvalue weighted by molar-refractivity contribution is -0.140. The summed E-state index contributed by atoms with van der Waals surface area (Å²) in [5.41, 5.74) is 4.68. The van der Waals surface area contributed by atoms with Gasteiger partial charge in [0.15, 0.2) is 0 Å². The van der Waals surface area contributed by atoms with Crippen molar-refractivity contribution in [3.63, 3.8) is 0 Å². The first-order chi connectivity index (χ1) is 18.4. The Bertz CT molecular complexity index is 1490. The van der Waals surface area contributed by atoms with E-state index in [0.717, 1.165) is 29.0 Å². The maximum atomic E-state index is 13.5. The maximum Gasteiger partial charge on any atom is 0.271 e. The summed E-state index contributed by atoms with van der Waals surface area (Å²) in [6.07, 6.45) is 6.77. The number of ether oxygens (including phenoxy) is 1. The predicted octanol–water partition coefficient (Wildman–Crippen LogP) is 5.80. The molecule has 2 heterocycles. The largest absolute Gasteiger partial charge is 0.489 e. The molecule has 0 bridgehead atoms. The first-order valence-electron chi connectivity index (χ1n) is 12.6. The second-order valence-electron chi connectivity index (χ2n) is 9.08. The fourth-order valence-electron chi connectivity index (χ4n) is 4.34. The smallest absolute Gasteiger partial charge is 0.271 e. The summed E-state index contributed by atoms with van der Waals surface area (Å²) >= 11 is 0. The van der Waals surface area contributed by atoms with Crippen molar-refractivity contribution >= 4 is 17.9 Å². The molecule has 0 atom stereocenters. The van der Waals surface area contributed by atoms with Gasteiger partial charge in [-0.3, -0.25) is 14.5 Å². The van der Waals surface area contributed by atoms with Gasteiger partial charge >= 0.3 is 0 Å². The van der Waals surface area contributed by atoms with Crippen molar-refractivity contribution in [2.45, 2.75) is 33.6 Å². The van der Waals surface area contributed by atoms with Crippen molar-refractivity contribution in [2.24, 2.45) is 0 Å². The molecule has 1 aromatic heterocycles. The van der Waals surface area contributed by atoms with Crippen LogP contribution in [0.4, 0.5) is 0 Å². The van der Waals surface area contributed by atoms with Gasteiger partial charge in [-0.2, -0.15) is 10.4 Å². The zero-order valence-electron chi connectivity index (χ0n) is 21.9. The molecule has 0 aliphatic carbocycles. The predicted molar refractivity (Wildman–Crippen MR) is 147 cm³/mol. The van der Waals surface area contributed by atoms with Crippen molar-refractivity contribution in [1.29, 1.82) is 5.26 Å². The summed E-state index contributed by atoms with van der Waals surface area (Å²) in [5.74, 6) is -0.185. The number of hydrogen-bond donors (Lipinski definition) is 0. The monoisotopic (exact) mass is 506 g/mol. The fourth-order valence-corrected chi connectivity index (χ4v) is 4.34. The molecular formula is C31H30N4O3. The molecule has 1 aliphatic rings. The quantitative estimate of drug-likeness (QED) is 0.208. The molecule has 0 radical (unpaired) electrons. The Labute approximate surface area is 223 Å². The van der Waals surface area contributed by atoms with Crippen molar-refractivity contribution < 1.29 is 14.3 Å². The number of amides is 2. The Hall–Kier alpha value is -4.70. The average molecular weight is 507 g/mol. The lowest BCUT2D eigenvalue weighted by atomic mass is 9.93. The molecule has 1 aliphatic heterocycles. The zero-order chi connectivity index (χ0) is 27.2. The highest BCUT2D eigenvalue weighted by Crippen LogP contribution is 2.33. The van der Waals surface area contributed by atoms with Gasteiger partial charge < -0.3 is 4.74 Å². The fraction of sp³-hybridized carbons (Fsp3) is 0.226. The summed E-state index contributed by atoms with van der Waals surface area (Å²) < 4.78 is 7.50. The van der Waals surface area contributed by atoms with Crippen LogP contribution in [-0.2, 0) is 9.59 Å². The first-order valence-corrected chi connectivity index (χ1v) is 12.6. The Morgan fingerprint density at radius 1 is 1.11 bits per heavy atom. The van der Waals surface area contributed by atoms with Gasteiger partial charge in [0.25, 0.3) is 11.8 Å². The third kappa shape index (κ3) is 5.21. The van der Waals surface area contributed by atoms with Crippen LogP contribution in [0.3, 0.4) is 0 Å². The number of imide groups is 1. The molecule has 0 fully saturated rings. The topological polar surface area (TPSA) is 88.2 Å². The van der Waals surface area contributed by atoms with Gasteiger partial charge in [-0.1, -0.05) is 44.2 Å². The first kappa shape index (κ1) is 26.4. The van der Waals surface area contributed by atoms with Gasteiger partial charge in [0.1, 0.15) is 24.0 Å². The van der Waals surface area contributed by atoms with Crippen LogP contribution in [0.2, 0.25) is 0 Å². The van der Waals surface area contributed by atoms with Crippen molar-refractivity contribution in [3.05, 3.63) is 95.2 Å². The summed E-state index contributed by atoms with van der Waals surface area (Å²) in [6, 6.07) is 17.5. The molecule has 2 aromatic carbocycles. The SMILES string of the molecule is C=CCOc1ccc(-c2nn(-c3ccccc3)cc2/C=C2/C(=O)N(CCCC)C(=O)C(C#N)=C2C)cc1C. The van der Waals surface area contributed by atoms with Crippen LogP contribution in [0.15, 0.2) is 84.1 Å². The number of carbonyl (C=O) groups excluding carboxylic acids is 2. The number of benzene rings is 2. The van der Waals surface area contributed by atoms with Gasteiger partial charge in [-0.25, -0.2) is 4.68 Å². The van der Waals surface area contributed by atoms with Gasteiger partial charge in [0.2, 0.25) is 0 Å². The Morgan fingerprint density at radius 3 is 2.53 bits per heavy atom. The number of nitrogens with zero attached hydrogens (tertiary/aromatic N) is 4. The van der Waals surface area contributed by atoms with Gasteiger partial charge in [0.05, 0.1) is 11.4 Å². The molecule has 38 heavy (non-hydrogen) atoms. The number of aromatic nitrogens is 2. The second-order valence-corrected chi connectivity index (χ2v) is 9.08. The molecule has 0 saturated heterocycles. The minimum atomic E-state index is -0.536. The Kier molecular flexibility index (Phi) is 8.03. The Balaban J connectivity index is 1.88. The van der Waals surface area contributed by atoms with Gasteiger partial charge in [-0.05, 0) is 67.8 Å². The van der Waals surface area contributed by atoms with Crippen molar-refractivity contribution in [3.8, 4) is 28.8 Å². The molecule has 0 spiro atoms. The third-order valence-electron chi connectivity index (χ3n) is 6.43. The highest BCUT2D eigenvalue weighted by Gasteiger charge is 2.35. The summed E-state index contributed by atoms with van der Waals surface area (Å²) in [5, 5.41) is 14.6. The minimum absolute atomic E-state index is 0.0106. The standard InChI is InChI=1S/C31H30N4O3/c1-5-7-15-34-30(36)26(22(4)27(19-32)31(34)37)18-24-20-35(25-11-9-8-10-12-25)33-29(24)23-13-14-28(21(3)17-23)38-16-6-2/h6,8-14,17-18,20H,2,5,7,15-16H2,1,3-4H3/b26-18+.